The van der Waals surface area contributed by atoms with Gasteiger partial charge in [-0.05, 0) is 32.8 Å². The van der Waals surface area contributed by atoms with E-state index in [0.29, 0.717) is 0 Å². The largest absolute Gasteiger partial charge is 0.493 e. The standard InChI is InChI=1S/C31H38N2O11/c1-17(2)27(35)43-16-42-25-22(40-6)12-13-32-24(25)26(34)33-21-15-41-28(36)20(14-19-10-8-7-9-11-19)23(18(3)44-29(21)37)31(4,5)30(38)39/h7-13,17-18,20-21,23H,14-16H2,1-6H3,(H,33,34)(H,38,39)/t18?,20?,21-,23?/m1/s1. The lowest BCUT2D eigenvalue weighted by molar-refractivity contribution is -0.168. The third-order valence-corrected chi connectivity index (χ3v) is 7.39. The summed E-state index contributed by atoms with van der Waals surface area (Å²) in [6, 6.07) is 8.95. The zero-order valence-electron chi connectivity index (χ0n) is 25.5. The van der Waals surface area contributed by atoms with Crippen LogP contribution in [0.4, 0.5) is 0 Å². The molecule has 0 saturated carbocycles. The highest BCUT2D eigenvalue weighted by molar-refractivity contribution is 5.98. The number of aliphatic carboxylic acids is 1. The van der Waals surface area contributed by atoms with Crippen LogP contribution in [0.25, 0.3) is 0 Å². The zero-order chi connectivity index (χ0) is 32.6. The van der Waals surface area contributed by atoms with Crippen molar-refractivity contribution in [1.82, 2.24) is 10.3 Å². The molecule has 1 saturated heterocycles. The molecule has 1 fully saturated rings. The average Bonchev–Trinajstić information content (AvgIpc) is 3.01. The maximum absolute atomic E-state index is 13.5. The van der Waals surface area contributed by atoms with Crippen molar-refractivity contribution in [2.75, 3.05) is 20.5 Å². The van der Waals surface area contributed by atoms with Crippen molar-refractivity contribution in [1.29, 1.82) is 0 Å². The van der Waals surface area contributed by atoms with Gasteiger partial charge in [0.25, 0.3) is 5.91 Å². The van der Waals surface area contributed by atoms with Crippen LogP contribution in [0, 0.1) is 23.2 Å². The molecule has 1 aliphatic rings. The van der Waals surface area contributed by atoms with Crippen LogP contribution in [-0.4, -0.2) is 72.5 Å². The highest BCUT2D eigenvalue weighted by Gasteiger charge is 2.50. The number of nitrogens with one attached hydrogen (secondary N) is 1. The summed E-state index contributed by atoms with van der Waals surface area (Å²) < 4.78 is 27.0. The van der Waals surface area contributed by atoms with E-state index in [-0.39, 0.29) is 23.6 Å². The van der Waals surface area contributed by atoms with E-state index in [0.717, 1.165) is 5.56 Å². The molecule has 3 rings (SSSR count). The Balaban J connectivity index is 1.89. The van der Waals surface area contributed by atoms with Gasteiger partial charge in [-0.2, -0.15) is 0 Å². The van der Waals surface area contributed by atoms with Crippen LogP contribution >= 0.6 is 0 Å². The number of carboxylic acid groups (broad SMARTS) is 1. The predicted molar refractivity (Wildman–Crippen MR) is 154 cm³/mol. The van der Waals surface area contributed by atoms with E-state index in [1.807, 2.05) is 6.07 Å². The van der Waals surface area contributed by atoms with Crippen molar-refractivity contribution in [2.24, 2.45) is 23.2 Å². The summed E-state index contributed by atoms with van der Waals surface area (Å²) >= 11 is 0. The summed E-state index contributed by atoms with van der Waals surface area (Å²) in [6.07, 6.45) is 0.351. The van der Waals surface area contributed by atoms with Gasteiger partial charge in [-0.3, -0.25) is 19.2 Å². The number of pyridine rings is 1. The van der Waals surface area contributed by atoms with Crippen molar-refractivity contribution >= 4 is 29.8 Å². The summed E-state index contributed by atoms with van der Waals surface area (Å²) in [6.45, 7) is 6.59. The number of carbonyl (C=O) groups excluding carboxylic acids is 4. The molecule has 1 aromatic heterocycles. The van der Waals surface area contributed by atoms with Crippen LogP contribution in [0.15, 0.2) is 42.6 Å². The second-order valence-corrected chi connectivity index (χ2v) is 11.2. The molecule has 13 heteroatoms. The lowest BCUT2D eigenvalue weighted by Gasteiger charge is -2.38. The summed E-state index contributed by atoms with van der Waals surface area (Å²) in [7, 11) is 1.33. The molecule has 13 nitrogen and oxygen atoms in total. The number of esters is 3. The maximum Gasteiger partial charge on any atom is 0.332 e. The van der Waals surface area contributed by atoms with E-state index < -0.39 is 78.5 Å². The third kappa shape index (κ3) is 8.03. The van der Waals surface area contributed by atoms with E-state index >= 15 is 0 Å². The molecule has 238 valence electrons. The van der Waals surface area contributed by atoms with Gasteiger partial charge in [0, 0.05) is 18.2 Å². The number of benzene rings is 1. The minimum Gasteiger partial charge on any atom is -0.493 e. The number of nitrogens with zero attached hydrogens (tertiary/aromatic N) is 1. The molecule has 1 aliphatic heterocycles. The van der Waals surface area contributed by atoms with Crippen molar-refractivity contribution in [3.63, 3.8) is 0 Å². The van der Waals surface area contributed by atoms with Crippen molar-refractivity contribution in [3.05, 3.63) is 53.9 Å². The van der Waals surface area contributed by atoms with Crippen LogP contribution in [0.3, 0.4) is 0 Å². The van der Waals surface area contributed by atoms with Gasteiger partial charge < -0.3 is 34.1 Å². The molecule has 0 aliphatic carbocycles. The Morgan fingerprint density at radius 1 is 1.11 bits per heavy atom. The number of carboxylic acids is 1. The van der Waals surface area contributed by atoms with Crippen LogP contribution in [0.5, 0.6) is 11.5 Å². The van der Waals surface area contributed by atoms with Crippen molar-refractivity contribution < 1.29 is 52.8 Å². The SMILES string of the molecule is COc1ccnc(C(=O)N[C@@H]2COC(=O)C(Cc3ccccc3)C(C(C)(C)C(=O)O)C(C)OC2=O)c1OCOC(=O)C(C)C. The Kier molecular flexibility index (Phi) is 11.3. The number of carbonyl (C=O) groups is 5. The molecule has 1 aromatic carbocycles. The number of methoxy groups -OCH3 is 1. The maximum atomic E-state index is 13.5. The van der Waals surface area contributed by atoms with Crippen molar-refractivity contribution in [2.45, 2.75) is 53.2 Å². The molecule has 44 heavy (non-hydrogen) atoms. The van der Waals surface area contributed by atoms with Gasteiger partial charge in [-0.25, -0.2) is 9.78 Å². The van der Waals surface area contributed by atoms with E-state index in [4.69, 9.17) is 23.7 Å². The predicted octanol–water partition coefficient (Wildman–Crippen LogP) is 2.80. The van der Waals surface area contributed by atoms with Crippen LogP contribution in [0.1, 0.15) is 50.7 Å². The van der Waals surface area contributed by atoms with Crippen LogP contribution < -0.4 is 14.8 Å². The number of aromatic nitrogens is 1. The average molecular weight is 615 g/mol. The zero-order valence-corrected chi connectivity index (χ0v) is 25.5. The second kappa shape index (κ2) is 14.7. The summed E-state index contributed by atoms with van der Waals surface area (Å²) in [5.74, 6) is -6.74. The molecule has 3 unspecified atom stereocenters. The highest BCUT2D eigenvalue weighted by Crippen LogP contribution is 2.40. The van der Waals surface area contributed by atoms with Crippen LogP contribution in [-0.2, 0) is 39.8 Å². The van der Waals surface area contributed by atoms with Gasteiger partial charge in [0.2, 0.25) is 6.79 Å². The first-order chi connectivity index (χ1) is 20.8. The molecule has 2 aromatic rings. The van der Waals surface area contributed by atoms with Crippen molar-refractivity contribution in [3.8, 4) is 11.5 Å². The Morgan fingerprint density at radius 2 is 1.80 bits per heavy atom. The fourth-order valence-corrected chi connectivity index (χ4v) is 5.00. The molecule has 0 spiro atoms. The number of ether oxygens (including phenoxy) is 5. The lowest BCUT2D eigenvalue weighted by atomic mass is 9.67. The number of cyclic esters (lactones) is 2. The smallest absolute Gasteiger partial charge is 0.332 e. The Labute approximate surface area is 255 Å². The van der Waals surface area contributed by atoms with E-state index in [1.165, 1.54) is 40.1 Å². The van der Waals surface area contributed by atoms with E-state index in [2.05, 4.69) is 10.3 Å². The Morgan fingerprint density at radius 3 is 2.41 bits per heavy atom. The van der Waals surface area contributed by atoms with Gasteiger partial charge in [0.1, 0.15) is 12.7 Å². The monoisotopic (exact) mass is 614 g/mol. The highest BCUT2D eigenvalue weighted by atomic mass is 16.7. The normalized spacial score (nSPS) is 20.7. The Hall–Kier alpha value is -4.68. The fraction of sp³-hybridized carbons (Fsp3) is 0.484. The van der Waals surface area contributed by atoms with Crippen LogP contribution in [0.2, 0.25) is 0 Å². The second-order valence-electron chi connectivity index (χ2n) is 11.2. The molecule has 0 bridgehead atoms. The molecular formula is C31H38N2O11. The molecule has 2 heterocycles. The van der Waals surface area contributed by atoms with Gasteiger partial charge in [-0.15, -0.1) is 0 Å². The fourth-order valence-electron chi connectivity index (χ4n) is 5.00. The minimum absolute atomic E-state index is 0.102. The van der Waals surface area contributed by atoms with Gasteiger partial charge >= 0.3 is 23.9 Å². The van der Waals surface area contributed by atoms with Gasteiger partial charge in [0.15, 0.2) is 23.2 Å². The minimum atomic E-state index is -1.50. The summed E-state index contributed by atoms with van der Waals surface area (Å²) in [5.41, 5.74) is -1.04. The lowest BCUT2D eigenvalue weighted by Crippen LogP contribution is -2.48. The number of hydrogen-bond acceptors (Lipinski definition) is 11. The third-order valence-electron chi connectivity index (χ3n) is 7.39. The summed E-state index contributed by atoms with van der Waals surface area (Å²) in [4.78, 5) is 68.4. The number of hydrogen-bond donors (Lipinski definition) is 2. The number of rotatable bonds is 11. The first kappa shape index (κ1) is 33.8. The molecule has 2 N–H and O–H groups in total. The topological polar surface area (TPSA) is 177 Å². The first-order valence-corrected chi connectivity index (χ1v) is 14.1. The molecule has 1 amide bonds. The van der Waals surface area contributed by atoms with Gasteiger partial charge in [0.05, 0.1) is 24.4 Å². The molecule has 4 atom stereocenters. The van der Waals surface area contributed by atoms with Gasteiger partial charge in [-0.1, -0.05) is 44.2 Å². The van der Waals surface area contributed by atoms with E-state index in [9.17, 15) is 29.1 Å². The number of amides is 1. The summed E-state index contributed by atoms with van der Waals surface area (Å²) in [5, 5.41) is 12.5. The molecule has 0 radical (unpaired) electrons. The van der Waals surface area contributed by atoms with E-state index in [1.54, 1.807) is 38.1 Å². The molecular weight excluding hydrogens is 576 g/mol. The Bertz CT molecular complexity index is 1360. The quantitative estimate of drug-likeness (QED) is 0.215. The first-order valence-electron chi connectivity index (χ1n) is 14.1.